The van der Waals surface area contributed by atoms with Crippen molar-refractivity contribution in [2.45, 2.75) is 25.8 Å². The molecule has 0 saturated carbocycles. The van der Waals surface area contributed by atoms with Crippen molar-refractivity contribution < 1.29 is 4.79 Å². The van der Waals surface area contributed by atoms with E-state index in [2.05, 4.69) is 22.2 Å². The number of amides is 2. The van der Waals surface area contributed by atoms with Crippen LogP contribution < -0.4 is 11.0 Å². The van der Waals surface area contributed by atoms with Gasteiger partial charge in [-0.2, -0.15) is 0 Å². The van der Waals surface area contributed by atoms with Crippen molar-refractivity contribution in [1.29, 1.82) is 0 Å². The Morgan fingerprint density at radius 1 is 1.18 bits per heavy atom. The Morgan fingerprint density at radius 3 is 2.75 bits per heavy atom. The zero-order chi connectivity index (χ0) is 19.6. The van der Waals surface area contributed by atoms with Crippen molar-refractivity contribution in [2.75, 3.05) is 38.5 Å². The summed E-state index contributed by atoms with van der Waals surface area (Å²) in [6, 6.07) is 9.34. The molecule has 2 saturated heterocycles. The minimum atomic E-state index is -0.280. The fourth-order valence-electron chi connectivity index (χ4n) is 4.26. The van der Waals surface area contributed by atoms with Crippen LogP contribution in [0.25, 0.3) is 0 Å². The number of hydrogen-bond donors (Lipinski definition) is 1. The maximum Gasteiger partial charge on any atom is 0.347 e. The van der Waals surface area contributed by atoms with Crippen LogP contribution in [0, 0.1) is 5.41 Å². The molecule has 0 aliphatic carbocycles. The van der Waals surface area contributed by atoms with E-state index < -0.39 is 0 Å². The van der Waals surface area contributed by atoms with Crippen molar-refractivity contribution in [1.82, 2.24) is 19.4 Å². The van der Waals surface area contributed by atoms with Crippen molar-refractivity contribution in [3.8, 4) is 0 Å². The number of carbonyl (C=O) groups excluding carboxylic acids is 1. The van der Waals surface area contributed by atoms with Crippen LogP contribution in [0.3, 0.4) is 0 Å². The number of rotatable bonds is 3. The molecule has 4 rings (SSSR count). The summed E-state index contributed by atoms with van der Waals surface area (Å²) < 4.78 is 1.55. The summed E-state index contributed by atoms with van der Waals surface area (Å²) in [5, 5.41) is 3.03. The van der Waals surface area contributed by atoms with Gasteiger partial charge in [0.1, 0.15) is 0 Å². The maximum atomic E-state index is 12.8. The minimum Gasteiger partial charge on any atom is -0.324 e. The minimum absolute atomic E-state index is 0.0357. The molecule has 7 heteroatoms. The summed E-state index contributed by atoms with van der Waals surface area (Å²) in [5.41, 5.74) is 1.72. The van der Waals surface area contributed by atoms with E-state index in [1.54, 1.807) is 16.8 Å². The molecule has 1 N–H and O–H groups in total. The number of nitrogens with zero attached hydrogens (tertiary/aromatic N) is 4. The van der Waals surface area contributed by atoms with E-state index in [1.165, 1.54) is 19.0 Å². The summed E-state index contributed by atoms with van der Waals surface area (Å²) >= 11 is 0. The molecule has 1 spiro atoms. The predicted molar refractivity (Wildman–Crippen MR) is 108 cm³/mol. The van der Waals surface area contributed by atoms with Gasteiger partial charge in [-0.05, 0) is 68.6 Å². The first-order valence-electron chi connectivity index (χ1n) is 9.88. The van der Waals surface area contributed by atoms with Gasteiger partial charge in [-0.1, -0.05) is 12.1 Å². The Morgan fingerprint density at radius 2 is 1.96 bits per heavy atom. The average Bonchev–Trinajstić information content (AvgIpc) is 3.11. The number of aromatic nitrogens is 2. The van der Waals surface area contributed by atoms with E-state index in [0.29, 0.717) is 12.0 Å². The molecule has 3 heterocycles. The first-order valence-corrected chi connectivity index (χ1v) is 9.88. The third-order valence-corrected chi connectivity index (χ3v) is 6.09. The number of likely N-dealkylation sites (tertiary alicyclic amines) is 2. The Balaban J connectivity index is 1.39. The van der Waals surface area contributed by atoms with Crippen LogP contribution in [0.5, 0.6) is 0 Å². The van der Waals surface area contributed by atoms with Gasteiger partial charge in [0.25, 0.3) is 0 Å². The van der Waals surface area contributed by atoms with Gasteiger partial charge in [-0.25, -0.2) is 14.6 Å². The predicted octanol–water partition coefficient (Wildman–Crippen LogP) is 2.24. The second-order valence-electron chi connectivity index (χ2n) is 8.14. The number of benzene rings is 1. The third kappa shape index (κ3) is 4.09. The SMILES string of the molecule is CN1CCC2(CC1)CCN(C(=O)Nc1cccc(Cn3cccnc3=O)c1)C2. The quantitative estimate of drug-likeness (QED) is 0.885. The molecular formula is C21H27N5O2. The normalized spacial score (nSPS) is 19.1. The third-order valence-electron chi connectivity index (χ3n) is 6.09. The van der Waals surface area contributed by atoms with Gasteiger partial charge in [0.2, 0.25) is 0 Å². The highest BCUT2D eigenvalue weighted by Crippen LogP contribution is 2.40. The van der Waals surface area contributed by atoms with Crippen molar-refractivity contribution >= 4 is 11.7 Å². The Hall–Kier alpha value is -2.67. The summed E-state index contributed by atoms with van der Waals surface area (Å²) in [7, 11) is 2.17. The molecule has 148 valence electrons. The van der Waals surface area contributed by atoms with Crippen LogP contribution in [-0.2, 0) is 6.54 Å². The molecule has 0 radical (unpaired) electrons. The number of urea groups is 1. The number of nitrogens with one attached hydrogen (secondary N) is 1. The molecule has 2 aliphatic heterocycles. The van der Waals surface area contributed by atoms with Crippen molar-refractivity contribution in [3.05, 3.63) is 58.8 Å². The van der Waals surface area contributed by atoms with Crippen LogP contribution in [0.4, 0.5) is 10.5 Å². The lowest BCUT2D eigenvalue weighted by atomic mass is 9.78. The summed E-state index contributed by atoms with van der Waals surface area (Å²) in [6.07, 6.45) is 6.64. The highest BCUT2D eigenvalue weighted by molar-refractivity contribution is 5.89. The lowest BCUT2D eigenvalue weighted by molar-refractivity contribution is 0.129. The summed E-state index contributed by atoms with van der Waals surface area (Å²) in [6.45, 7) is 4.32. The zero-order valence-electron chi connectivity index (χ0n) is 16.3. The van der Waals surface area contributed by atoms with Crippen LogP contribution in [-0.4, -0.2) is 58.6 Å². The topological polar surface area (TPSA) is 70.5 Å². The lowest BCUT2D eigenvalue weighted by Gasteiger charge is -2.37. The molecule has 2 aliphatic rings. The largest absolute Gasteiger partial charge is 0.347 e. The van der Waals surface area contributed by atoms with Crippen molar-refractivity contribution in [2.24, 2.45) is 5.41 Å². The van der Waals surface area contributed by atoms with Crippen LogP contribution in [0.2, 0.25) is 0 Å². The average molecular weight is 381 g/mol. The van der Waals surface area contributed by atoms with Gasteiger partial charge < -0.3 is 15.1 Å². The Kier molecular flexibility index (Phi) is 5.17. The van der Waals surface area contributed by atoms with E-state index in [0.717, 1.165) is 43.9 Å². The first kappa shape index (κ1) is 18.7. The standard InChI is InChI=1S/C21H27N5O2/c1-24-11-6-21(7-12-24)8-13-26(16-21)20(28)23-18-5-2-4-17(14-18)15-25-10-3-9-22-19(25)27/h2-5,9-10,14H,6-8,11-13,15-16H2,1H3,(H,23,28). The number of anilines is 1. The number of carbonyl (C=O) groups is 1. The summed E-state index contributed by atoms with van der Waals surface area (Å²) in [5.74, 6) is 0. The number of piperidine rings is 1. The van der Waals surface area contributed by atoms with Gasteiger partial charge in [0.05, 0.1) is 6.54 Å². The van der Waals surface area contributed by atoms with Gasteiger partial charge in [0.15, 0.2) is 0 Å². The smallest absolute Gasteiger partial charge is 0.324 e. The molecule has 0 atom stereocenters. The van der Waals surface area contributed by atoms with Gasteiger partial charge >= 0.3 is 11.7 Å². The zero-order valence-corrected chi connectivity index (χ0v) is 16.3. The summed E-state index contributed by atoms with van der Waals surface area (Å²) in [4.78, 5) is 32.7. The highest BCUT2D eigenvalue weighted by atomic mass is 16.2. The van der Waals surface area contributed by atoms with Crippen molar-refractivity contribution in [3.63, 3.8) is 0 Å². The van der Waals surface area contributed by atoms with Gasteiger partial charge in [-0.3, -0.25) is 4.57 Å². The Bertz CT molecular complexity index is 901. The molecule has 2 aromatic rings. The fraction of sp³-hybridized carbons (Fsp3) is 0.476. The molecule has 0 bridgehead atoms. The molecule has 28 heavy (non-hydrogen) atoms. The number of hydrogen-bond acceptors (Lipinski definition) is 4. The van der Waals surface area contributed by atoms with Crippen LogP contribution in [0.15, 0.2) is 47.5 Å². The highest BCUT2D eigenvalue weighted by Gasteiger charge is 2.41. The Labute approximate surface area is 165 Å². The fourth-order valence-corrected chi connectivity index (χ4v) is 4.26. The van der Waals surface area contributed by atoms with Crippen LogP contribution >= 0.6 is 0 Å². The molecule has 0 unspecified atom stereocenters. The molecule has 1 aromatic carbocycles. The first-order chi connectivity index (χ1) is 13.5. The van der Waals surface area contributed by atoms with E-state index in [4.69, 9.17) is 0 Å². The molecule has 2 fully saturated rings. The van der Waals surface area contributed by atoms with Gasteiger partial charge in [-0.15, -0.1) is 0 Å². The second kappa shape index (κ2) is 7.75. The van der Waals surface area contributed by atoms with E-state index in [-0.39, 0.29) is 11.7 Å². The van der Waals surface area contributed by atoms with E-state index in [9.17, 15) is 9.59 Å². The molecule has 7 nitrogen and oxygen atoms in total. The van der Waals surface area contributed by atoms with E-state index in [1.807, 2.05) is 29.2 Å². The van der Waals surface area contributed by atoms with Gasteiger partial charge in [0, 0.05) is 31.2 Å². The maximum absolute atomic E-state index is 12.8. The molecular weight excluding hydrogens is 354 g/mol. The van der Waals surface area contributed by atoms with E-state index >= 15 is 0 Å². The molecule has 2 amide bonds. The lowest BCUT2D eigenvalue weighted by Crippen LogP contribution is -2.41. The monoisotopic (exact) mass is 381 g/mol. The van der Waals surface area contributed by atoms with Crippen LogP contribution in [0.1, 0.15) is 24.8 Å². The molecule has 1 aromatic heterocycles. The second-order valence-corrected chi connectivity index (χ2v) is 8.14.